The molecule has 21 heavy (non-hydrogen) atoms. The average molecular weight is 285 g/mol. The largest absolute Gasteiger partial charge is 0.349 e. The van der Waals surface area contributed by atoms with Gasteiger partial charge in [-0.3, -0.25) is 4.79 Å². The Morgan fingerprint density at radius 2 is 1.81 bits per heavy atom. The smallest absolute Gasteiger partial charge is 0.252 e. The molecule has 1 fully saturated rings. The highest BCUT2D eigenvalue weighted by Crippen LogP contribution is 2.31. The topological polar surface area (TPSA) is 29.1 Å². The van der Waals surface area contributed by atoms with Crippen molar-refractivity contribution in [1.82, 2.24) is 5.32 Å². The molecule has 2 aromatic carbocycles. The van der Waals surface area contributed by atoms with E-state index in [0.29, 0.717) is 28.2 Å². The lowest BCUT2D eigenvalue weighted by Gasteiger charge is -2.20. The maximum atomic E-state index is 13.8. The van der Waals surface area contributed by atoms with Gasteiger partial charge in [0.2, 0.25) is 0 Å². The summed E-state index contributed by atoms with van der Waals surface area (Å²) in [5, 5.41) is 4.30. The fourth-order valence-electron chi connectivity index (χ4n) is 3.27. The zero-order chi connectivity index (χ0) is 15.0. The Hall–Kier alpha value is -1.90. The molecule has 0 heterocycles. The highest BCUT2D eigenvalue weighted by molar-refractivity contribution is 6.07. The summed E-state index contributed by atoms with van der Waals surface area (Å²) in [5.41, 5.74) is 0.554. The van der Waals surface area contributed by atoms with E-state index in [0.717, 1.165) is 12.8 Å². The van der Waals surface area contributed by atoms with Crippen LogP contribution in [0.3, 0.4) is 0 Å². The number of fused-ring (bicyclic) bond motifs is 1. The van der Waals surface area contributed by atoms with Crippen LogP contribution < -0.4 is 5.32 Å². The second-order valence-electron chi connectivity index (χ2n) is 6.13. The summed E-state index contributed by atoms with van der Waals surface area (Å²) >= 11 is 0. The number of hydrogen-bond donors (Lipinski definition) is 1. The van der Waals surface area contributed by atoms with Crippen LogP contribution in [0.1, 0.15) is 37.0 Å². The molecule has 110 valence electrons. The maximum Gasteiger partial charge on any atom is 0.252 e. The molecule has 0 radical (unpaired) electrons. The molecule has 2 aromatic rings. The highest BCUT2D eigenvalue weighted by atomic mass is 19.1. The summed E-state index contributed by atoms with van der Waals surface area (Å²) in [5.74, 6) is 0.739. The molecule has 3 unspecified atom stereocenters. The van der Waals surface area contributed by atoms with E-state index in [1.807, 2.05) is 6.07 Å². The summed E-state index contributed by atoms with van der Waals surface area (Å²) in [6.45, 7) is 4.41. The van der Waals surface area contributed by atoms with Crippen molar-refractivity contribution in [2.24, 2.45) is 11.8 Å². The molecule has 2 nitrogen and oxygen atoms in total. The van der Waals surface area contributed by atoms with Crippen LogP contribution in [-0.2, 0) is 0 Å². The standard InChI is InChI=1S/C18H20FNO/c1-11-7-10-17(12(11)2)20-18(21)15-8-9-16(19)14-6-4-3-5-13(14)15/h3-6,8-9,11-12,17H,7,10H2,1-2H3,(H,20,21). The second kappa shape index (κ2) is 5.47. The van der Waals surface area contributed by atoms with Crippen molar-refractivity contribution in [2.45, 2.75) is 32.7 Å². The van der Waals surface area contributed by atoms with Crippen molar-refractivity contribution in [3.63, 3.8) is 0 Å². The zero-order valence-electron chi connectivity index (χ0n) is 12.4. The molecule has 1 amide bonds. The lowest BCUT2D eigenvalue weighted by Crippen LogP contribution is -2.37. The van der Waals surface area contributed by atoms with Gasteiger partial charge in [-0.2, -0.15) is 0 Å². The van der Waals surface area contributed by atoms with Crippen LogP contribution in [0.25, 0.3) is 10.8 Å². The van der Waals surface area contributed by atoms with Crippen LogP contribution in [0.2, 0.25) is 0 Å². The van der Waals surface area contributed by atoms with Gasteiger partial charge >= 0.3 is 0 Å². The van der Waals surface area contributed by atoms with E-state index in [1.54, 1.807) is 24.3 Å². The Kier molecular flexibility index (Phi) is 3.66. The van der Waals surface area contributed by atoms with Gasteiger partial charge in [0.05, 0.1) is 0 Å². The van der Waals surface area contributed by atoms with Crippen molar-refractivity contribution >= 4 is 16.7 Å². The quantitative estimate of drug-likeness (QED) is 0.882. The summed E-state index contributed by atoms with van der Waals surface area (Å²) in [7, 11) is 0. The van der Waals surface area contributed by atoms with Gasteiger partial charge in [-0.25, -0.2) is 4.39 Å². The van der Waals surface area contributed by atoms with Crippen LogP contribution in [-0.4, -0.2) is 11.9 Å². The summed E-state index contributed by atoms with van der Waals surface area (Å²) in [6.07, 6.45) is 2.17. The van der Waals surface area contributed by atoms with E-state index in [4.69, 9.17) is 0 Å². The van der Waals surface area contributed by atoms with Crippen molar-refractivity contribution in [2.75, 3.05) is 0 Å². The fraction of sp³-hybridized carbons (Fsp3) is 0.389. The van der Waals surface area contributed by atoms with E-state index in [2.05, 4.69) is 19.2 Å². The fourth-order valence-corrected chi connectivity index (χ4v) is 3.27. The van der Waals surface area contributed by atoms with Crippen molar-refractivity contribution in [3.05, 3.63) is 47.8 Å². The van der Waals surface area contributed by atoms with Crippen molar-refractivity contribution in [1.29, 1.82) is 0 Å². The molecular weight excluding hydrogens is 265 g/mol. The van der Waals surface area contributed by atoms with Crippen LogP contribution >= 0.6 is 0 Å². The number of rotatable bonds is 2. The lowest BCUT2D eigenvalue weighted by atomic mass is 9.97. The molecule has 0 aliphatic heterocycles. The van der Waals surface area contributed by atoms with Crippen LogP contribution in [0.5, 0.6) is 0 Å². The van der Waals surface area contributed by atoms with Gasteiger partial charge in [0.1, 0.15) is 5.82 Å². The molecule has 1 aliphatic rings. The number of amides is 1. The Morgan fingerprint density at radius 1 is 1.10 bits per heavy atom. The monoisotopic (exact) mass is 285 g/mol. The normalized spacial score (nSPS) is 25.2. The second-order valence-corrected chi connectivity index (χ2v) is 6.13. The zero-order valence-corrected chi connectivity index (χ0v) is 12.4. The number of carbonyl (C=O) groups excluding carboxylic acids is 1. The third-order valence-electron chi connectivity index (χ3n) is 4.90. The minimum Gasteiger partial charge on any atom is -0.349 e. The van der Waals surface area contributed by atoms with Gasteiger partial charge < -0.3 is 5.32 Å². The molecule has 3 rings (SSSR count). The van der Waals surface area contributed by atoms with Gasteiger partial charge in [-0.05, 0) is 42.2 Å². The first kappa shape index (κ1) is 14.1. The Bertz CT molecular complexity index is 682. The molecule has 3 heteroatoms. The molecule has 1 saturated carbocycles. The van der Waals surface area contributed by atoms with E-state index < -0.39 is 0 Å². The van der Waals surface area contributed by atoms with Gasteiger partial charge in [-0.1, -0.05) is 38.1 Å². The molecule has 0 saturated heterocycles. The van der Waals surface area contributed by atoms with E-state index >= 15 is 0 Å². The van der Waals surface area contributed by atoms with Crippen LogP contribution in [0, 0.1) is 17.7 Å². The minimum absolute atomic E-state index is 0.0999. The van der Waals surface area contributed by atoms with Crippen LogP contribution in [0.15, 0.2) is 36.4 Å². The Balaban J connectivity index is 1.90. The number of nitrogens with one attached hydrogen (secondary N) is 1. The Morgan fingerprint density at radius 3 is 2.48 bits per heavy atom. The number of carbonyl (C=O) groups is 1. The van der Waals surface area contributed by atoms with Crippen molar-refractivity contribution < 1.29 is 9.18 Å². The average Bonchev–Trinajstić information content (AvgIpc) is 2.80. The van der Waals surface area contributed by atoms with Gasteiger partial charge in [0.15, 0.2) is 0 Å². The maximum absolute atomic E-state index is 13.8. The predicted octanol–water partition coefficient (Wildman–Crippen LogP) is 4.14. The van der Waals surface area contributed by atoms with Gasteiger partial charge in [0, 0.05) is 17.0 Å². The van der Waals surface area contributed by atoms with E-state index in [1.165, 1.54) is 6.07 Å². The first-order chi connectivity index (χ1) is 10.1. The van der Waals surface area contributed by atoms with Crippen molar-refractivity contribution in [3.8, 4) is 0 Å². The first-order valence-electron chi connectivity index (χ1n) is 7.56. The Labute approximate surface area is 124 Å². The number of hydrogen-bond acceptors (Lipinski definition) is 1. The lowest BCUT2D eigenvalue weighted by molar-refractivity contribution is 0.0929. The third kappa shape index (κ3) is 2.53. The van der Waals surface area contributed by atoms with Gasteiger partial charge in [-0.15, -0.1) is 0 Å². The molecule has 3 atom stereocenters. The van der Waals surface area contributed by atoms with Crippen LogP contribution in [0.4, 0.5) is 4.39 Å². The third-order valence-corrected chi connectivity index (χ3v) is 4.90. The molecular formula is C18H20FNO. The van der Waals surface area contributed by atoms with Gasteiger partial charge in [0.25, 0.3) is 5.91 Å². The summed E-state index contributed by atoms with van der Waals surface area (Å²) < 4.78 is 13.8. The first-order valence-corrected chi connectivity index (χ1v) is 7.56. The van der Waals surface area contributed by atoms with E-state index in [-0.39, 0.29) is 17.8 Å². The molecule has 0 bridgehead atoms. The molecule has 1 N–H and O–H groups in total. The number of benzene rings is 2. The molecule has 0 spiro atoms. The van der Waals surface area contributed by atoms with E-state index in [9.17, 15) is 9.18 Å². The minimum atomic E-state index is -0.287. The highest BCUT2D eigenvalue weighted by Gasteiger charge is 2.31. The SMILES string of the molecule is CC1CCC(NC(=O)c2ccc(F)c3ccccc23)C1C. The molecule has 0 aromatic heterocycles. The molecule has 1 aliphatic carbocycles. The number of halogens is 1. The predicted molar refractivity (Wildman–Crippen MR) is 82.7 cm³/mol. The summed E-state index contributed by atoms with van der Waals surface area (Å²) in [4.78, 5) is 12.5. The summed E-state index contributed by atoms with van der Waals surface area (Å²) in [6, 6.07) is 10.3.